The molecule has 3 rings (SSSR count). The lowest BCUT2D eigenvalue weighted by atomic mass is 9.92. The molecule has 0 aromatic heterocycles. The number of aliphatic imine (C=N–C) groups is 1. The number of fused-ring (bicyclic) bond motifs is 2. The van der Waals surface area contributed by atoms with E-state index >= 15 is 0 Å². The van der Waals surface area contributed by atoms with Crippen LogP contribution in [0.5, 0.6) is 0 Å². The Morgan fingerprint density at radius 2 is 1.81 bits per heavy atom. The Kier molecular flexibility index (Phi) is 16.7. The molecule has 260 valence electrons. The van der Waals surface area contributed by atoms with Crippen LogP contribution in [0.3, 0.4) is 0 Å². The molecular formula is C39H54ClN5O3. The van der Waals surface area contributed by atoms with Crippen LogP contribution in [-0.4, -0.2) is 48.9 Å². The summed E-state index contributed by atoms with van der Waals surface area (Å²) >= 11 is 6.54. The van der Waals surface area contributed by atoms with Crippen LogP contribution < -0.4 is 16.0 Å². The molecule has 1 atom stereocenters. The van der Waals surface area contributed by atoms with Crippen LogP contribution in [0.1, 0.15) is 72.8 Å². The van der Waals surface area contributed by atoms with Crippen molar-refractivity contribution in [3.05, 3.63) is 107 Å². The van der Waals surface area contributed by atoms with E-state index in [1.165, 1.54) is 0 Å². The number of halogens is 1. The maximum atomic E-state index is 13.3. The zero-order chi connectivity index (χ0) is 35.8. The standard InChI is InChI=1S/C36H48ClN5O3.C3H6/c1-9-26-12-13-28-22-30(40-35(31(37)11-3)39-25(7)38-29(10-2)20-26)14-15-32(28)41-33(43)21-27-16-18-42(19-17-27)36(44)34(23(4)5)24(6)45-8;1-3-2/h9-11,14-15,20,22,25,27,38H,1,4,12-13,16-19,21H2,2-3,5-8H3,(H,39,40)(H,41,43);3H,1H2,2H3/b26-20+,29-10+,31-11+,34-24+;. The highest BCUT2D eigenvalue weighted by atomic mass is 35.5. The van der Waals surface area contributed by atoms with Crippen LogP contribution in [0.25, 0.3) is 0 Å². The zero-order valence-electron chi connectivity index (χ0n) is 29.8. The normalized spacial score (nSPS) is 20.9. The molecule has 0 aliphatic carbocycles. The Morgan fingerprint density at radius 1 is 1.15 bits per heavy atom. The fraction of sp³-hybridized carbons (Fsp3) is 0.410. The first kappa shape index (κ1) is 39.9. The van der Waals surface area contributed by atoms with Gasteiger partial charge in [0.25, 0.3) is 5.91 Å². The van der Waals surface area contributed by atoms with E-state index in [2.05, 4.69) is 41.8 Å². The topological polar surface area (TPSA) is 95.1 Å². The van der Waals surface area contributed by atoms with Gasteiger partial charge in [0.1, 0.15) is 17.8 Å². The second-order valence-corrected chi connectivity index (χ2v) is 12.3. The molecule has 0 spiro atoms. The number of ether oxygens (including phenoxy) is 1. The summed E-state index contributed by atoms with van der Waals surface area (Å²) in [6.45, 7) is 23.8. The van der Waals surface area contributed by atoms with E-state index in [4.69, 9.17) is 21.3 Å². The second kappa shape index (κ2) is 20.2. The summed E-state index contributed by atoms with van der Waals surface area (Å²) in [5, 5.41) is 10.5. The number of aryl methyl sites for hydroxylation is 1. The van der Waals surface area contributed by atoms with Crippen molar-refractivity contribution in [1.29, 1.82) is 0 Å². The third kappa shape index (κ3) is 12.1. The minimum absolute atomic E-state index is 0.0367. The van der Waals surface area contributed by atoms with E-state index in [9.17, 15) is 9.59 Å². The van der Waals surface area contributed by atoms with Crippen molar-refractivity contribution in [3.8, 4) is 0 Å². The second-order valence-electron chi connectivity index (χ2n) is 11.9. The van der Waals surface area contributed by atoms with Crippen LogP contribution in [-0.2, 0) is 20.7 Å². The van der Waals surface area contributed by atoms with Crippen molar-refractivity contribution in [2.24, 2.45) is 10.9 Å². The average molecular weight is 676 g/mol. The average Bonchev–Trinajstić information content (AvgIpc) is 3.07. The van der Waals surface area contributed by atoms with Crippen LogP contribution >= 0.6 is 11.6 Å². The molecule has 2 heterocycles. The zero-order valence-corrected chi connectivity index (χ0v) is 30.6. The summed E-state index contributed by atoms with van der Waals surface area (Å²) in [6, 6.07) is 5.89. The first-order chi connectivity index (χ1) is 22.9. The summed E-state index contributed by atoms with van der Waals surface area (Å²) < 4.78 is 5.33. The van der Waals surface area contributed by atoms with Crippen molar-refractivity contribution in [3.63, 3.8) is 0 Å². The number of hydrogen-bond donors (Lipinski definition) is 3. The molecule has 2 amide bonds. The van der Waals surface area contributed by atoms with E-state index < -0.39 is 0 Å². The summed E-state index contributed by atoms with van der Waals surface area (Å²) in [7, 11) is 1.56. The van der Waals surface area contributed by atoms with Gasteiger partial charge in [0.2, 0.25) is 5.91 Å². The van der Waals surface area contributed by atoms with Crippen molar-refractivity contribution in [2.75, 3.05) is 30.8 Å². The summed E-state index contributed by atoms with van der Waals surface area (Å²) in [6.07, 6.45) is 12.6. The van der Waals surface area contributed by atoms with Crippen molar-refractivity contribution >= 4 is 40.6 Å². The number of amides is 2. The number of nitrogens with zero attached hydrogens (tertiary/aromatic N) is 2. The predicted molar refractivity (Wildman–Crippen MR) is 203 cm³/mol. The monoisotopic (exact) mass is 675 g/mol. The Bertz CT molecular complexity index is 1490. The molecule has 3 N–H and O–H groups in total. The van der Waals surface area contributed by atoms with Gasteiger partial charge in [0.05, 0.1) is 17.7 Å². The molecule has 2 aliphatic rings. The lowest BCUT2D eigenvalue weighted by Gasteiger charge is -2.32. The highest BCUT2D eigenvalue weighted by Gasteiger charge is 2.28. The highest BCUT2D eigenvalue weighted by Crippen LogP contribution is 2.28. The Labute approximate surface area is 293 Å². The molecule has 8 nitrogen and oxygen atoms in total. The molecular weight excluding hydrogens is 622 g/mol. The Hall–Kier alpha value is -4.30. The lowest BCUT2D eigenvalue weighted by Crippen LogP contribution is -2.40. The molecule has 1 fully saturated rings. The number of piperidine rings is 1. The van der Waals surface area contributed by atoms with Crippen LogP contribution in [0.4, 0.5) is 11.4 Å². The van der Waals surface area contributed by atoms with Crippen molar-refractivity contribution in [2.45, 2.75) is 79.8 Å². The number of nitrogens with one attached hydrogen (secondary N) is 3. The summed E-state index contributed by atoms with van der Waals surface area (Å²) in [5.74, 6) is 1.20. The van der Waals surface area contributed by atoms with Gasteiger partial charge in [-0.2, -0.15) is 0 Å². The summed E-state index contributed by atoms with van der Waals surface area (Å²) in [5.41, 5.74) is 5.80. The fourth-order valence-corrected chi connectivity index (χ4v) is 5.61. The molecule has 1 unspecified atom stereocenters. The maximum Gasteiger partial charge on any atom is 0.257 e. The first-order valence-corrected chi connectivity index (χ1v) is 16.9. The number of allylic oxidation sites excluding steroid dienone is 7. The fourth-order valence-electron chi connectivity index (χ4n) is 5.51. The third-order valence-electron chi connectivity index (χ3n) is 8.09. The Morgan fingerprint density at radius 3 is 2.38 bits per heavy atom. The minimum Gasteiger partial charge on any atom is -0.501 e. The van der Waals surface area contributed by atoms with Crippen LogP contribution in [0.15, 0.2) is 107 Å². The number of amidine groups is 1. The highest BCUT2D eigenvalue weighted by molar-refractivity contribution is 6.44. The maximum absolute atomic E-state index is 13.3. The Balaban J connectivity index is 0.00000257. The SMILES string of the molecule is C=C/C1=C\C(=C/C)NC(C)/N=C(\C(Cl)=C/C)Nc2ccc(NC(=O)CC3CCN(C(=O)/C(C(=C)C)=C(\C)OC)CC3)c(c2)CC1.C=CC. The smallest absolute Gasteiger partial charge is 0.257 e. The van der Waals surface area contributed by atoms with E-state index in [0.717, 1.165) is 47.5 Å². The van der Waals surface area contributed by atoms with Gasteiger partial charge in [0.15, 0.2) is 0 Å². The molecule has 1 aromatic rings. The number of rotatable bonds is 8. The summed E-state index contributed by atoms with van der Waals surface area (Å²) in [4.78, 5) is 33.1. The molecule has 9 heteroatoms. The van der Waals surface area contributed by atoms with Crippen molar-refractivity contribution < 1.29 is 14.3 Å². The van der Waals surface area contributed by atoms with E-state index in [0.29, 0.717) is 53.7 Å². The molecule has 1 aromatic carbocycles. The van der Waals surface area contributed by atoms with Gasteiger partial charge in [-0.25, -0.2) is 4.99 Å². The van der Waals surface area contributed by atoms with Crippen LogP contribution in [0.2, 0.25) is 0 Å². The molecule has 1 saturated heterocycles. The third-order valence-corrected chi connectivity index (χ3v) is 8.49. The molecule has 2 aliphatic heterocycles. The number of hydrogen-bond acceptors (Lipinski definition) is 6. The van der Waals surface area contributed by atoms with Gasteiger partial charge in [-0.15, -0.1) is 6.58 Å². The minimum atomic E-state index is -0.238. The molecule has 0 radical (unpaired) electrons. The molecule has 2 bridgehead atoms. The predicted octanol–water partition coefficient (Wildman–Crippen LogP) is 8.79. The number of carbonyl (C=O) groups excluding carboxylic acids is 2. The van der Waals surface area contributed by atoms with Gasteiger partial charge >= 0.3 is 0 Å². The van der Waals surface area contributed by atoms with Gasteiger partial charge in [-0.3, -0.25) is 9.59 Å². The van der Waals surface area contributed by atoms with E-state index in [1.807, 2.05) is 69.9 Å². The van der Waals surface area contributed by atoms with Gasteiger partial charge in [-0.1, -0.05) is 49.1 Å². The number of benzene rings is 1. The van der Waals surface area contributed by atoms with Crippen LogP contribution in [0, 0.1) is 5.92 Å². The molecule has 0 saturated carbocycles. The molecule has 48 heavy (non-hydrogen) atoms. The van der Waals surface area contributed by atoms with Crippen molar-refractivity contribution in [1.82, 2.24) is 10.2 Å². The van der Waals surface area contributed by atoms with Gasteiger partial charge < -0.3 is 25.6 Å². The first-order valence-electron chi connectivity index (χ1n) is 16.5. The number of carbonyl (C=O) groups is 2. The number of anilines is 2. The number of methoxy groups -OCH3 is 1. The van der Waals surface area contributed by atoms with Gasteiger partial charge in [0, 0.05) is 36.6 Å². The van der Waals surface area contributed by atoms with E-state index in [-0.39, 0.29) is 23.9 Å². The lowest BCUT2D eigenvalue weighted by molar-refractivity contribution is -0.128. The van der Waals surface area contributed by atoms with Gasteiger partial charge in [-0.05, 0) is 114 Å². The largest absolute Gasteiger partial charge is 0.501 e. The van der Waals surface area contributed by atoms with E-state index in [1.54, 1.807) is 26.2 Å². The number of likely N-dealkylation sites (tertiary alicyclic amines) is 1. The quantitative estimate of drug-likeness (QED) is 0.111.